The first-order valence-corrected chi connectivity index (χ1v) is 4.20. The Morgan fingerprint density at radius 1 is 1.75 bits per heavy atom. The van der Waals surface area contributed by atoms with Crippen molar-refractivity contribution in [1.29, 1.82) is 0 Å². The van der Waals surface area contributed by atoms with E-state index in [9.17, 15) is 4.79 Å². The molecule has 0 aromatic heterocycles. The Hall–Kier alpha value is -1.05. The first kappa shape index (κ1) is 9.04. The standard InChI is InChI=1S/C10H14O2/c1-8(2)10(11)12-7-9-5-3-4-6-9/h5H,1,3-4,6-7H2,2H3. The van der Waals surface area contributed by atoms with Gasteiger partial charge in [0, 0.05) is 5.57 Å². The first-order valence-electron chi connectivity index (χ1n) is 4.20. The molecular formula is C10H14O2. The van der Waals surface area contributed by atoms with Crippen molar-refractivity contribution in [1.82, 2.24) is 0 Å². The Labute approximate surface area is 72.9 Å². The monoisotopic (exact) mass is 166 g/mol. The van der Waals surface area contributed by atoms with Gasteiger partial charge in [0.2, 0.25) is 0 Å². The average molecular weight is 166 g/mol. The third kappa shape index (κ3) is 2.53. The number of hydrogen-bond donors (Lipinski definition) is 0. The summed E-state index contributed by atoms with van der Waals surface area (Å²) >= 11 is 0. The van der Waals surface area contributed by atoms with E-state index >= 15 is 0 Å². The van der Waals surface area contributed by atoms with E-state index in [-0.39, 0.29) is 5.97 Å². The van der Waals surface area contributed by atoms with E-state index in [0.29, 0.717) is 12.2 Å². The van der Waals surface area contributed by atoms with E-state index in [1.54, 1.807) is 6.92 Å². The lowest BCUT2D eigenvalue weighted by atomic mass is 10.2. The van der Waals surface area contributed by atoms with Crippen molar-refractivity contribution in [2.45, 2.75) is 26.2 Å². The molecule has 0 N–H and O–H groups in total. The zero-order valence-electron chi connectivity index (χ0n) is 7.43. The normalized spacial score (nSPS) is 15.6. The van der Waals surface area contributed by atoms with Crippen molar-refractivity contribution in [2.24, 2.45) is 0 Å². The highest BCUT2D eigenvalue weighted by atomic mass is 16.5. The number of ether oxygens (including phenoxy) is 1. The molecule has 1 aliphatic carbocycles. The summed E-state index contributed by atoms with van der Waals surface area (Å²) in [5.74, 6) is -0.289. The Morgan fingerprint density at radius 3 is 3.00 bits per heavy atom. The van der Waals surface area contributed by atoms with Gasteiger partial charge in [0.05, 0.1) is 0 Å². The van der Waals surface area contributed by atoms with Gasteiger partial charge in [-0.3, -0.25) is 0 Å². The molecule has 0 heterocycles. The van der Waals surface area contributed by atoms with Gasteiger partial charge in [-0.1, -0.05) is 12.7 Å². The van der Waals surface area contributed by atoms with E-state index in [4.69, 9.17) is 4.74 Å². The molecule has 1 rings (SSSR count). The first-order chi connectivity index (χ1) is 5.70. The van der Waals surface area contributed by atoms with E-state index in [0.717, 1.165) is 12.8 Å². The Balaban J connectivity index is 2.25. The highest BCUT2D eigenvalue weighted by molar-refractivity contribution is 5.87. The molecular weight excluding hydrogens is 152 g/mol. The average Bonchev–Trinajstić information content (AvgIpc) is 2.51. The third-order valence-corrected chi connectivity index (χ3v) is 1.87. The van der Waals surface area contributed by atoms with E-state index < -0.39 is 0 Å². The molecule has 0 amide bonds. The van der Waals surface area contributed by atoms with Gasteiger partial charge >= 0.3 is 5.97 Å². The largest absolute Gasteiger partial charge is 0.458 e. The van der Waals surface area contributed by atoms with Gasteiger partial charge in [-0.15, -0.1) is 0 Å². The molecule has 2 heteroatoms. The van der Waals surface area contributed by atoms with Gasteiger partial charge in [-0.25, -0.2) is 4.79 Å². The number of rotatable bonds is 3. The van der Waals surface area contributed by atoms with Gasteiger partial charge in [0.15, 0.2) is 0 Å². The van der Waals surface area contributed by atoms with Crippen molar-refractivity contribution in [3.05, 3.63) is 23.8 Å². The van der Waals surface area contributed by atoms with Crippen molar-refractivity contribution in [2.75, 3.05) is 6.61 Å². The lowest BCUT2D eigenvalue weighted by molar-refractivity contribution is -0.138. The molecule has 0 bridgehead atoms. The minimum Gasteiger partial charge on any atom is -0.458 e. The molecule has 0 fully saturated rings. The molecule has 12 heavy (non-hydrogen) atoms. The molecule has 66 valence electrons. The van der Waals surface area contributed by atoms with Crippen molar-refractivity contribution >= 4 is 5.97 Å². The number of hydrogen-bond acceptors (Lipinski definition) is 2. The molecule has 1 aliphatic rings. The van der Waals surface area contributed by atoms with Gasteiger partial charge in [-0.05, 0) is 31.8 Å². The van der Waals surface area contributed by atoms with Crippen LogP contribution in [0.2, 0.25) is 0 Å². The van der Waals surface area contributed by atoms with Crippen LogP contribution in [0.4, 0.5) is 0 Å². The summed E-state index contributed by atoms with van der Waals surface area (Å²) in [6.45, 7) is 5.61. The SMILES string of the molecule is C=C(C)C(=O)OCC1=CCCC1. The fraction of sp³-hybridized carbons (Fsp3) is 0.500. The second-order valence-electron chi connectivity index (χ2n) is 3.11. The van der Waals surface area contributed by atoms with Crippen LogP contribution in [0.15, 0.2) is 23.8 Å². The molecule has 0 spiro atoms. The minimum atomic E-state index is -0.289. The summed E-state index contributed by atoms with van der Waals surface area (Å²) in [4.78, 5) is 11.0. The number of carbonyl (C=O) groups excluding carboxylic acids is 1. The summed E-state index contributed by atoms with van der Waals surface area (Å²) in [6.07, 6.45) is 5.54. The smallest absolute Gasteiger partial charge is 0.333 e. The van der Waals surface area contributed by atoms with Crippen LogP contribution in [-0.2, 0) is 9.53 Å². The highest BCUT2D eigenvalue weighted by Gasteiger charge is 2.07. The quantitative estimate of drug-likeness (QED) is 0.365. The molecule has 0 aromatic carbocycles. The summed E-state index contributed by atoms with van der Waals surface area (Å²) < 4.78 is 4.98. The summed E-state index contributed by atoms with van der Waals surface area (Å²) in [6, 6.07) is 0. The van der Waals surface area contributed by atoms with Crippen LogP contribution in [0.25, 0.3) is 0 Å². The van der Waals surface area contributed by atoms with Crippen LogP contribution in [0, 0.1) is 0 Å². The maximum absolute atomic E-state index is 11.0. The summed E-state index contributed by atoms with van der Waals surface area (Å²) in [5.41, 5.74) is 1.71. The maximum Gasteiger partial charge on any atom is 0.333 e. The van der Waals surface area contributed by atoms with Crippen LogP contribution in [0.1, 0.15) is 26.2 Å². The maximum atomic E-state index is 11.0. The Bertz CT molecular complexity index is 224. The van der Waals surface area contributed by atoms with Crippen molar-refractivity contribution in [3.8, 4) is 0 Å². The topological polar surface area (TPSA) is 26.3 Å². The van der Waals surface area contributed by atoms with Crippen LogP contribution in [-0.4, -0.2) is 12.6 Å². The lowest BCUT2D eigenvalue weighted by Crippen LogP contribution is -2.07. The molecule has 0 saturated heterocycles. The van der Waals surface area contributed by atoms with Gasteiger partial charge in [0.25, 0.3) is 0 Å². The molecule has 0 unspecified atom stereocenters. The van der Waals surface area contributed by atoms with Crippen LogP contribution < -0.4 is 0 Å². The van der Waals surface area contributed by atoms with E-state index in [2.05, 4.69) is 12.7 Å². The fourth-order valence-electron chi connectivity index (χ4n) is 1.15. The second kappa shape index (κ2) is 4.10. The molecule has 2 nitrogen and oxygen atoms in total. The number of carbonyl (C=O) groups is 1. The highest BCUT2D eigenvalue weighted by Crippen LogP contribution is 2.17. The van der Waals surface area contributed by atoms with Gasteiger partial charge in [0.1, 0.15) is 6.61 Å². The van der Waals surface area contributed by atoms with Crippen LogP contribution in [0.5, 0.6) is 0 Å². The minimum absolute atomic E-state index is 0.289. The van der Waals surface area contributed by atoms with Crippen LogP contribution >= 0.6 is 0 Å². The van der Waals surface area contributed by atoms with Crippen LogP contribution in [0.3, 0.4) is 0 Å². The van der Waals surface area contributed by atoms with E-state index in [1.807, 2.05) is 0 Å². The fourth-order valence-corrected chi connectivity index (χ4v) is 1.15. The van der Waals surface area contributed by atoms with E-state index in [1.165, 1.54) is 12.0 Å². The second-order valence-corrected chi connectivity index (χ2v) is 3.11. The van der Waals surface area contributed by atoms with Gasteiger partial charge < -0.3 is 4.74 Å². The predicted octanol–water partition coefficient (Wildman–Crippen LogP) is 2.22. The third-order valence-electron chi connectivity index (χ3n) is 1.87. The predicted molar refractivity (Wildman–Crippen MR) is 47.7 cm³/mol. The molecule has 0 aromatic rings. The van der Waals surface area contributed by atoms with Crippen molar-refractivity contribution in [3.63, 3.8) is 0 Å². The lowest BCUT2D eigenvalue weighted by Gasteiger charge is -2.03. The Morgan fingerprint density at radius 2 is 2.50 bits per heavy atom. The molecule has 0 radical (unpaired) electrons. The zero-order chi connectivity index (χ0) is 8.97. The molecule has 0 aliphatic heterocycles. The number of allylic oxidation sites excluding steroid dienone is 1. The van der Waals surface area contributed by atoms with Crippen molar-refractivity contribution < 1.29 is 9.53 Å². The summed E-state index contributed by atoms with van der Waals surface area (Å²) in [7, 11) is 0. The summed E-state index contributed by atoms with van der Waals surface area (Å²) in [5, 5.41) is 0. The molecule has 0 saturated carbocycles. The zero-order valence-corrected chi connectivity index (χ0v) is 7.43. The van der Waals surface area contributed by atoms with Gasteiger partial charge in [-0.2, -0.15) is 0 Å². The number of esters is 1. The molecule has 0 atom stereocenters. The Kier molecular flexibility index (Phi) is 3.09.